The Bertz CT molecular complexity index is 280. The molecule has 2 nitrogen and oxygen atoms in total. The summed E-state index contributed by atoms with van der Waals surface area (Å²) in [5.41, 5.74) is 7.59. The lowest BCUT2D eigenvalue weighted by Gasteiger charge is -2.14. The van der Waals surface area contributed by atoms with E-state index >= 15 is 0 Å². The summed E-state index contributed by atoms with van der Waals surface area (Å²) >= 11 is 0. The van der Waals surface area contributed by atoms with Crippen LogP contribution in [0.2, 0.25) is 0 Å². The lowest BCUT2D eigenvalue weighted by atomic mass is 10.2. The number of rotatable bonds is 6. The van der Waals surface area contributed by atoms with Crippen molar-refractivity contribution in [3.05, 3.63) is 42.5 Å². The maximum Gasteiger partial charge on any atom is 0.0487 e. The van der Waals surface area contributed by atoms with Crippen molar-refractivity contribution < 1.29 is 0 Å². The molecule has 15 heavy (non-hydrogen) atoms. The van der Waals surface area contributed by atoms with Crippen molar-refractivity contribution in [3.63, 3.8) is 0 Å². The number of benzene rings is 1. The fraction of sp³-hybridized carbons (Fsp3) is 0.385. The lowest BCUT2D eigenvalue weighted by Crippen LogP contribution is -2.31. The van der Waals surface area contributed by atoms with E-state index in [-0.39, 0.29) is 0 Å². The fourth-order valence-corrected chi connectivity index (χ4v) is 1.28. The number of allylic oxidation sites excluding steroid dienone is 1. The highest BCUT2D eigenvalue weighted by molar-refractivity contribution is 5.41. The highest BCUT2D eigenvalue weighted by atomic mass is 15.4. The Morgan fingerprint density at radius 1 is 1.20 bits per heavy atom. The van der Waals surface area contributed by atoms with Crippen molar-refractivity contribution in [3.8, 4) is 0 Å². The molecule has 0 spiro atoms. The number of hydrazine groups is 1. The van der Waals surface area contributed by atoms with Gasteiger partial charge in [-0.1, -0.05) is 44.2 Å². The monoisotopic (exact) mass is 204 g/mol. The third kappa shape index (κ3) is 4.66. The smallest absolute Gasteiger partial charge is 0.0487 e. The molecule has 0 saturated heterocycles. The SMILES string of the molecule is CC/C=C\C(CC)NNc1ccccc1. The number of hydrogen-bond acceptors (Lipinski definition) is 2. The predicted molar refractivity (Wildman–Crippen MR) is 66.7 cm³/mol. The van der Waals surface area contributed by atoms with Crippen molar-refractivity contribution >= 4 is 5.69 Å². The van der Waals surface area contributed by atoms with Crippen LogP contribution >= 0.6 is 0 Å². The van der Waals surface area contributed by atoms with Gasteiger partial charge in [0, 0.05) is 11.7 Å². The molecule has 1 atom stereocenters. The number of para-hydroxylation sites is 1. The van der Waals surface area contributed by atoms with Gasteiger partial charge in [-0.2, -0.15) is 0 Å². The van der Waals surface area contributed by atoms with Gasteiger partial charge in [0.05, 0.1) is 0 Å². The third-order valence-electron chi connectivity index (χ3n) is 2.22. The normalized spacial score (nSPS) is 12.9. The number of anilines is 1. The molecule has 82 valence electrons. The minimum Gasteiger partial charge on any atom is -0.321 e. The Labute approximate surface area is 92.4 Å². The average Bonchev–Trinajstić information content (AvgIpc) is 2.31. The molecule has 0 amide bonds. The van der Waals surface area contributed by atoms with Crippen LogP contribution in [0.15, 0.2) is 42.5 Å². The molecule has 2 N–H and O–H groups in total. The van der Waals surface area contributed by atoms with E-state index in [1.165, 1.54) is 0 Å². The van der Waals surface area contributed by atoms with Gasteiger partial charge in [0.15, 0.2) is 0 Å². The second-order valence-corrected chi connectivity index (χ2v) is 3.49. The summed E-state index contributed by atoms with van der Waals surface area (Å²) in [6.07, 6.45) is 6.56. The van der Waals surface area contributed by atoms with E-state index in [2.05, 4.69) is 36.9 Å². The fourth-order valence-electron chi connectivity index (χ4n) is 1.28. The van der Waals surface area contributed by atoms with Crippen LogP contribution in [0.4, 0.5) is 5.69 Å². The molecular formula is C13H20N2. The van der Waals surface area contributed by atoms with Crippen LogP contribution in [0, 0.1) is 0 Å². The van der Waals surface area contributed by atoms with Gasteiger partial charge < -0.3 is 5.43 Å². The molecule has 0 aromatic heterocycles. The molecule has 1 rings (SSSR count). The summed E-state index contributed by atoms with van der Waals surface area (Å²) in [5.74, 6) is 0. The van der Waals surface area contributed by atoms with Crippen LogP contribution in [0.5, 0.6) is 0 Å². The van der Waals surface area contributed by atoms with Crippen LogP contribution in [0.25, 0.3) is 0 Å². The van der Waals surface area contributed by atoms with E-state index in [1.807, 2.05) is 30.3 Å². The molecule has 1 unspecified atom stereocenters. The molecule has 0 saturated carbocycles. The summed E-state index contributed by atoms with van der Waals surface area (Å²) in [6, 6.07) is 10.5. The van der Waals surface area contributed by atoms with Crippen LogP contribution < -0.4 is 10.9 Å². The summed E-state index contributed by atoms with van der Waals surface area (Å²) in [4.78, 5) is 0. The molecule has 0 bridgehead atoms. The van der Waals surface area contributed by atoms with Crippen molar-refractivity contribution in [2.75, 3.05) is 5.43 Å². The standard InChI is InChI=1S/C13H20N2/c1-3-5-9-12(4-2)14-15-13-10-7-6-8-11-13/h5-12,14-15H,3-4H2,1-2H3/b9-5-. The zero-order valence-electron chi connectivity index (χ0n) is 9.53. The zero-order valence-corrected chi connectivity index (χ0v) is 9.53. The number of hydrogen-bond donors (Lipinski definition) is 2. The average molecular weight is 204 g/mol. The first-order valence-electron chi connectivity index (χ1n) is 5.60. The van der Waals surface area contributed by atoms with E-state index in [0.717, 1.165) is 18.5 Å². The van der Waals surface area contributed by atoms with Gasteiger partial charge >= 0.3 is 0 Å². The first-order chi connectivity index (χ1) is 7.36. The predicted octanol–water partition coefficient (Wildman–Crippen LogP) is 3.35. The Morgan fingerprint density at radius 3 is 2.53 bits per heavy atom. The third-order valence-corrected chi connectivity index (χ3v) is 2.22. The van der Waals surface area contributed by atoms with E-state index in [4.69, 9.17) is 0 Å². The minimum absolute atomic E-state index is 0.394. The molecule has 1 aromatic rings. The summed E-state index contributed by atoms with van der Waals surface area (Å²) < 4.78 is 0. The summed E-state index contributed by atoms with van der Waals surface area (Å²) in [7, 11) is 0. The van der Waals surface area contributed by atoms with Crippen molar-refractivity contribution in [1.29, 1.82) is 0 Å². The molecule has 0 heterocycles. The Hall–Kier alpha value is -1.28. The molecule has 0 aliphatic heterocycles. The van der Waals surface area contributed by atoms with E-state index < -0.39 is 0 Å². The van der Waals surface area contributed by atoms with Crippen molar-refractivity contribution in [1.82, 2.24) is 5.43 Å². The van der Waals surface area contributed by atoms with Crippen molar-refractivity contribution in [2.45, 2.75) is 32.7 Å². The van der Waals surface area contributed by atoms with Crippen LogP contribution in [-0.2, 0) is 0 Å². The van der Waals surface area contributed by atoms with Gasteiger partial charge in [0.2, 0.25) is 0 Å². The van der Waals surface area contributed by atoms with E-state index in [1.54, 1.807) is 0 Å². The highest BCUT2D eigenvalue weighted by Crippen LogP contribution is 2.04. The topological polar surface area (TPSA) is 24.1 Å². The maximum absolute atomic E-state index is 3.28. The van der Waals surface area contributed by atoms with Gasteiger partial charge in [-0.05, 0) is 25.0 Å². The Balaban J connectivity index is 2.37. The largest absolute Gasteiger partial charge is 0.321 e. The highest BCUT2D eigenvalue weighted by Gasteiger charge is 1.98. The minimum atomic E-state index is 0.394. The zero-order chi connectivity index (χ0) is 10.9. The van der Waals surface area contributed by atoms with E-state index in [9.17, 15) is 0 Å². The van der Waals surface area contributed by atoms with Gasteiger partial charge in [-0.15, -0.1) is 0 Å². The molecule has 2 heteroatoms. The lowest BCUT2D eigenvalue weighted by molar-refractivity contribution is 0.639. The first kappa shape index (κ1) is 11.8. The second-order valence-electron chi connectivity index (χ2n) is 3.49. The summed E-state index contributed by atoms with van der Waals surface area (Å²) in [6.45, 7) is 4.32. The maximum atomic E-state index is 3.28. The van der Waals surface area contributed by atoms with Crippen LogP contribution in [0.1, 0.15) is 26.7 Å². The Morgan fingerprint density at radius 2 is 1.93 bits per heavy atom. The molecule has 0 aliphatic rings. The van der Waals surface area contributed by atoms with Gasteiger partial charge in [0.1, 0.15) is 0 Å². The molecular weight excluding hydrogens is 184 g/mol. The van der Waals surface area contributed by atoms with Crippen LogP contribution in [-0.4, -0.2) is 6.04 Å². The number of nitrogens with one attached hydrogen (secondary N) is 2. The Kier molecular flexibility index (Phi) is 5.56. The second kappa shape index (κ2) is 7.07. The van der Waals surface area contributed by atoms with Crippen molar-refractivity contribution in [2.24, 2.45) is 0 Å². The van der Waals surface area contributed by atoms with E-state index in [0.29, 0.717) is 6.04 Å². The first-order valence-corrected chi connectivity index (χ1v) is 5.60. The summed E-state index contributed by atoms with van der Waals surface area (Å²) in [5, 5.41) is 0. The quantitative estimate of drug-likeness (QED) is 0.548. The van der Waals surface area contributed by atoms with Gasteiger partial charge in [-0.3, -0.25) is 0 Å². The molecule has 0 aliphatic carbocycles. The van der Waals surface area contributed by atoms with Gasteiger partial charge in [-0.25, -0.2) is 5.43 Å². The molecule has 1 aromatic carbocycles. The van der Waals surface area contributed by atoms with Crippen LogP contribution in [0.3, 0.4) is 0 Å². The molecule has 0 radical (unpaired) electrons. The van der Waals surface area contributed by atoms with Gasteiger partial charge in [0.25, 0.3) is 0 Å². The molecule has 0 fully saturated rings.